The number of esters is 1. The van der Waals surface area contributed by atoms with Crippen molar-refractivity contribution in [2.45, 2.75) is 39.2 Å². The second kappa shape index (κ2) is 8.99. The molecule has 0 aliphatic rings. The number of amides is 1. The highest BCUT2D eigenvalue weighted by atomic mass is 16.5. The summed E-state index contributed by atoms with van der Waals surface area (Å²) in [6.07, 6.45) is 1.39. The highest BCUT2D eigenvalue weighted by Crippen LogP contribution is 2.18. The Morgan fingerprint density at radius 3 is 2.46 bits per heavy atom. The lowest BCUT2D eigenvalue weighted by molar-refractivity contribution is -0.129. The van der Waals surface area contributed by atoms with Crippen molar-refractivity contribution >= 4 is 17.7 Å². The van der Waals surface area contributed by atoms with Gasteiger partial charge in [0.05, 0.1) is 0 Å². The number of aromatic nitrogens is 1. The summed E-state index contributed by atoms with van der Waals surface area (Å²) in [5.74, 6) is -0.983. The molecule has 26 heavy (non-hydrogen) atoms. The van der Waals surface area contributed by atoms with E-state index in [0.29, 0.717) is 12.1 Å². The number of rotatable bonds is 8. The quantitative estimate of drug-likeness (QED) is 0.562. The molecule has 6 nitrogen and oxygen atoms in total. The highest BCUT2D eigenvalue weighted by molar-refractivity contribution is 5.98. The van der Waals surface area contributed by atoms with Gasteiger partial charge in [0, 0.05) is 24.2 Å². The fourth-order valence-corrected chi connectivity index (χ4v) is 2.58. The van der Waals surface area contributed by atoms with Crippen LogP contribution in [-0.4, -0.2) is 35.3 Å². The molecule has 1 aromatic carbocycles. The van der Waals surface area contributed by atoms with E-state index in [0.717, 1.165) is 12.0 Å². The number of nitrogens with one attached hydrogen (secondary N) is 2. The zero-order chi connectivity index (χ0) is 19.1. The van der Waals surface area contributed by atoms with Crippen LogP contribution in [-0.2, 0) is 9.53 Å². The van der Waals surface area contributed by atoms with Crippen LogP contribution in [0.4, 0.5) is 0 Å². The van der Waals surface area contributed by atoms with Crippen LogP contribution in [0.25, 0.3) is 0 Å². The molecule has 2 aromatic rings. The fraction of sp³-hybridized carbons (Fsp3) is 0.350. The number of carbonyl (C=O) groups is 3. The number of aromatic amines is 1. The Balaban J connectivity index is 1.88. The van der Waals surface area contributed by atoms with Gasteiger partial charge in [0.2, 0.25) is 0 Å². The molecular weight excluding hydrogens is 332 g/mol. The molecule has 1 amide bonds. The van der Waals surface area contributed by atoms with Crippen LogP contribution in [0, 0.1) is 0 Å². The van der Waals surface area contributed by atoms with Crippen LogP contribution in [0.3, 0.4) is 0 Å². The van der Waals surface area contributed by atoms with Crippen molar-refractivity contribution in [2.75, 3.05) is 6.54 Å². The van der Waals surface area contributed by atoms with Crippen LogP contribution in [0.2, 0.25) is 0 Å². The Hall–Kier alpha value is -2.89. The van der Waals surface area contributed by atoms with Gasteiger partial charge in [-0.05, 0) is 31.9 Å². The lowest BCUT2D eigenvalue weighted by atomic mass is 9.96. The van der Waals surface area contributed by atoms with Crippen LogP contribution in [0.15, 0.2) is 42.6 Å². The number of hydrogen-bond donors (Lipinski definition) is 2. The molecule has 1 aromatic heterocycles. The normalized spacial score (nSPS) is 12.9. The van der Waals surface area contributed by atoms with E-state index in [1.807, 2.05) is 30.3 Å². The summed E-state index contributed by atoms with van der Waals surface area (Å²) in [6.45, 7) is 5.46. The van der Waals surface area contributed by atoms with Crippen molar-refractivity contribution in [3.05, 3.63) is 59.4 Å². The minimum absolute atomic E-state index is 0.144. The molecule has 0 spiro atoms. The second-order valence-electron chi connectivity index (χ2n) is 6.17. The molecule has 0 unspecified atom stereocenters. The molecule has 6 heteroatoms. The maximum Gasteiger partial charge on any atom is 0.355 e. The molecule has 138 valence electrons. The van der Waals surface area contributed by atoms with Crippen molar-refractivity contribution < 1.29 is 19.1 Å². The standard InChI is InChI=1S/C20H24N2O4/c1-4-15(16-8-6-5-7-9-16)11-22-19(24)14(3)26-20(25)18-10-17(12-21-18)13(2)23/h5-10,12,14-15,21H,4,11H2,1-3H3,(H,22,24)/t14-,15+/m0/s1. The van der Waals surface area contributed by atoms with Crippen LogP contribution in [0.5, 0.6) is 0 Å². The molecule has 2 atom stereocenters. The van der Waals surface area contributed by atoms with E-state index in [9.17, 15) is 14.4 Å². The summed E-state index contributed by atoms with van der Waals surface area (Å²) in [4.78, 5) is 38.2. The number of Topliss-reactive ketones (excluding diaryl/α,β-unsaturated/α-hetero) is 1. The predicted octanol–water partition coefficient (Wildman–Crippen LogP) is 3.07. The minimum atomic E-state index is -0.931. The lowest BCUT2D eigenvalue weighted by Gasteiger charge is -2.18. The molecule has 2 N–H and O–H groups in total. The third kappa shape index (κ3) is 5.05. The summed E-state index contributed by atoms with van der Waals surface area (Å²) in [6, 6.07) is 11.4. The number of H-pyrrole nitrogens is 1. The summed E-state index contributed by atoms with van der Waals surface area (Å²) in [5, 5.41) is 2.83. The molecule has 0 bridgehead atoms. The molecule has 0 fully saturated rings. The van der Waals surface area contributed by atoms with Crippen molar-refractivity contribution in [3.8, 4) is 0 Å². The lowest BCUT2D eigenvalue weighted by Crippen LogP contribution is -2.38. The summed E-state index contributed by atoms with van der Waals surface area (Å²) >= 11 is 0. The van der Waals surface area contributed by atoms with Gasteiger partial charge < -0.3 is 15.0 Å². The summed E-state index contributed by atoms with van der Waals surface area (Å²) in [7, 11) is 0. The van der Waals surface area contributed by atoms with Gasteiger partial charge in [-0.2, -0.15) is 0 Å². The van der Waals surface area contributed by atoms with Crippen LogP contribution in [0.1, 0.15) is 59.5 Å². The van der Waals surface area contributed by atoms with E-state index in [1.54, 1.807) is 0 Å². The fourth-order valence-electron chi connectivity index (χ4n) is 2.58. The first kappa shape index (κ1) is 19.4. The van der Waals surface area contributed by atoms with E-state index in [1.165, 1.54) is 26.1 Å². The zero-order valence-corrected chi connectivity index (χ0v) is 15.2. The van der Waals surface area contributed by atoms with E-state index < -0.39 is 12.1 Å². The number of benzene rings is 1. The first-order valence-corrected chi connectivity index (χ1v) is 8.65. The Morgan fingerprint density at radius 2 is 1.88 bits per heavy atom. The molecule has 2 rings (SSSR count). The average Bonchev–Trinajstić information content (AvgIpc) is 3.13. The molecular formula is C20H24N2O4. The van der Waals surface area contributed by atoms with Crippen molar-refractivity contribution in [2.24, 2.45) is 0 Å². The van der Waals surface area contributed by atoms with Gasteiger partial charge in [-0.15, -0.1) is 0 Å². The smallest absolute Gasteiger partial charge is 0.355 e. The first-order valence-electron chi connectivity index (χ1n) is 8.65. The van der Waals surface area contributed by atoms with Gasteiger partial charge in [0.25, 0.3) is 5.91 Å². The van der Waals surface area contributed by atoms with E-state index in [-0.39, 0.29) is 23.3 Å². The minimum Gasteiger partial charge on any atom is -0.448 e. The number of hydrogen-bond acceptors (Lipinski definition) is 4. The third-order valence-corrected chi connectivity index (χ3v) is 4.25. The monoisotopic (exact) mass is 356 g/mol. The second-order valence-corrected chi connectivity index (χ2v) is 6.17. The van der Waals surface area contributed by atoms with Crippen molar-refractivity contribution in [1.29, 1.82) is 0 Å². The average molecular weight is 356 g/mol. The molecule has 0 saturated carbocycles. The zero-order valence-electron chi connectivity index (χ0n) is 15.2. The summed E-state index contributed by atoms with van der Waals surface area (Å²) in [5.41, 5.74) is 1.69. The topological polar surface area (TPSA) is 88.3 Å². The Morgan fingerprint density at radius 1 is 1.19 bits per heavy atom. The van der Waals surface area contributed by atoms with Crippen LogP contribution < -0.4 is 5.32 Å². The Labute approximate surface area is 152 Å². The molecule has 1 heterocycles. The van der Waals surface area contributed by atoms with Crippen molar-refractivity contribution in [1.82, 2.24) is 10.3 Å². The van der Waals surface area contributed by atoms with Crippen molar-refractivity contribution in [3.63, 3.8) is 0 Å². The number of carbonyl (C=O) groups excluding carboxylic acids is 3. The molecule has 0 aliphatic carbocycles. The van der Waals surface area contributed by atoms with Gasteiger partial charge >= 0.3 is 5.97 Å². The third-order valence-electron chi connectivity index (χ3n) is 4.25. The largest absolute Gasteiger partial charge is 0.448 e. The van der Waals surface area contributed by atoms with Gasteiger partial charge in [-0.25, -0.2) is 4.79 Å². The maximum atomic E-state index is 12.2. The molecule has 0 saturated heterocycles. The van der Waals surface area contributed by atoms with E-state index in [2.05, 4.69) is 17.2 Å². The van der Waals surface area contributed by atoms with Gasteiger partial charge in [0.15, 0.2) is 11.9 Å². The van der Waals surface area contributed by atoms with Crippen LogP contribution >= 0.6 is 0 Å². The maximum absolute atomic E-state index is 12.2. The Kier molecular flexibility index (Phi) is 6.72. The summed E-state index contributed by atoms with van der Waals surface area (Å²) < 4.78 is 5.17. The first-order chi connectivity index (χ1) is 12.4. The SMILES string of the molecule is CC[C@H](CNC(=O)[C@H](C)OC(=O)c1cc(C(C)=O)c[nH]1)c1ccccc1. The molecule has 0 aliphatic heterocycles. The van der Waals surface area contributed by atoms with E-state index in [4.69, 9.17) is 4.74 Å². The van der Waals surface area contributed by atoms with E-state index >= 15 is 0 Å². The number of ether oxygens (including phenoxy) is 1. The molecule has 0 radical (unpaired) electrons. The van der Waals surface area contributed by atoms with Gasteiger partial charge in [-0.1, -0.05) is 37.3 Å². The Bertz CT molecular complexity index is 767. The highest BCUT2D eigenvalue weighted by Gasteiger charge is 2.21. The van der Waals surface area contributed by atoms with Gasteiger partial charge in [0.1, 0.15) is 5.69 Å². The number of ketones is 1. The van der Waals surface area contributed by atoms with Gasteiger partial charge in [-0.3, -0.25) is 9.59 Å². The predicted molar refractivity (Wildman–Crippen MR) is 98.2 cm³/mol.